The number of carbonyl (C=O) groups is 1. The van der Waals surface area contributed by atoms with E-state index in [1.54, 1.807) is 0 Å². The number of hydrogen-bond donors (Lipinski definition) is 2. The summed E-state index contributed by atoms with van der Waals surface area (Å²) < 4.78 is 71.9. The van der Waals surface area contributed by atoms with Crippen LogP contribution in [-0.2, 0) is 0 Å². The highest BCUT2D eigenvalue weighted by Gasteiger charge is 2.31. The summed E-state index contributed by atoms with van der Waals surface area (Å²) in [5, 5.41) is 11.3. The minimum atomic E-state index is -1.83. The van der Waals surface area contributed by atoms with Gasteiger partial charge in [0, 0.05) is 12.1 Å². The van der Waals surface area contributed by atoms with Gasteiger partial charge in [-0.15, -0.1) is 0 Å². The van der Waals surface area contributed by atoms with E-state index in [0.29, 0.717) is 6.07 Å². The molecule has 2 aromatic carbocycles. The Morgan fingerprint density at radius 2 is 1.79 bits per heavy atom. The van der Waals surface area contributed by atoms with Gasteiger partial charge >= 0.3 is 0 Å². The van der Waals surface area contributed by atoms with Crippen LogP contribution >= 0.6 is 0 Å². The second-order valence-corrected chi connectivity index (χ2v) is 5.02. The highest BCUT2D eigenvalue weighted by atomic mass is 19.2. The molecule has 4 nitrogen and oxygen atoms in total. The third-order valence-corrected chi connectivity index (χ3v) is 3.49. The second-order valence-electron chi connectivity index (χ2n) is 5.02. The van der Waals surface area contributed by atoms with Crippen molar-refractivity contribution in [1.29, 1.82) is 0 Å². The van der Waals surface area contributed by atoms with Crippen LogP contribution in [0.1, 0.15) is 22.0 Å². The summed E-state index contributed by atoms with van der Waals surface area (Å²) in [6.07, 6.45) is 0. The highest BCUT2D eigenvalue weighted by Crippen LogP contribution is 2.35. The maximum Gasteiger partial charge on any atom is 0.255 e. The fraction of sp³-hybridized carbons (Fsp3) is 0.133. The number of rotatable bonds is 2. The Hall–Kier alpha value is -2.84. The summed E-state index contributed by atoms with van der Waals surface area (Å²) in [6.45, 7) is -0.265. The molecule has 9 heteroatoms. The lowest BCUT2D eigenvalue weighted by atomic mass is 10.1. The van der Waals surface area contributed by atoms with Gasteiger partial charge in [0.2, 0.25) is 5.82 Å². The zero-order chi connectivity index (χ0) is 17.6. The molecule has 3 rings (SSSR count). The molecule has 2 N–H and O–H groups in total. The van der Waals surface area contributed by atoms with Gasteiger partial charge in [0.25, 0.3) is 5.91 Å². The number of phenols is 1. The van der Waals surface area contributed by atoms with Crippen LogP contribution in [0.5, 0.6) is 11.5 Å². The number of carbonyl (C=O) groups excluding carboxylic acids is 1. The molecule has 0 aliphatic carbocycles. The van der Waals surface area contributed by atoms with Gasteiger partial charge < -0.3 is 15.2 Å². The number of halogens is 5. The molecular formula is C15H8F5NO3. The second kappa shape index (κ2) is 5.66. The molecule has 1 heterocycles. The van der Waals surface area contributed by atoms with Crippen LogP contribution in [0.15, 0.2) is 18.2 Å². The molecule has 126 valence electrons. The van der Waals surface area contributed by atoms with Crippen molar-refractivity contribution in [2.75, 3.05) is 6.61 Å². The van der Waals surface area contributed by atoms with E-state index >= 15 is 0 Å². The molecule has 0 bridgehead atoms. The van der Waals surface area contributed by atoms with Gasteiger partial charge in [-0.05, 0) is 6.07 Å². The summed E-state index contributed by atoms with van der Waals surface area (Å²) in [7, 11) is 0. The van der Waals surface area contributed by atoms with E-state index in [2.05, 4.69) is 5.32 Å². The predicted molar refractivity (Wildman–Crippen MR) is 70.0 cm³/mol. The largest absolute Gasteiger partial charge is 0.503 e. The van der Waals surface area contributed by atoms with Crippen molar-refractivity contribution in [2.24, 2.45) is 0 Å². The third-order valence-electron chi connectivity index (χ3n) is 3.49. The number of aromatic hydroxyl groups is 1. The number of fused-ring (bicyclic) bond motifs is 1. The summed E-state index contributed by atoms with van der Waals surface area (Å²) in [5.41, 5.74) is -1.13. The van der Waals surface area contributed by atoms with E-state index in [1.807, 2.05) is 0 Å². The van der Waals surface area contributed by atoms with Crippen LogP contribution in [0.25, 0.3) is 0 Å². The van der Waals surface area contributed by atoms with Crippen molar-refractivity contribution >= 4 is 5.91 Å². The molecule has 1 aliphatic heterocycles. The lowest BCUT2D eigenvalue weighted by Gasteiger charge is -2.13. The summed E-state index contributed by atoms with van der Waals surface area (Å²) in [4.78, 5) is 12.0. The lowest BCUT2D eigenvalue weighted by Crippen LogP contribution is -2.30. The first kappa shape index (κ1) is 16.0. The van der Waals surface area contributed by atoms with Crippen LogP contribution in [0.3, 0.4) is 0 Å². The molecule has 24 heavy (non-hydrogen) atoms. The first-order valence-electron chi connectivity index (χ1n) is 6.58. The highest BCUT2D eigenvalue weighted by molar-refractivity contribution is 5.95. The van der Waals surface area contributed by atoms with Crippen molar-refractivity contribution in [3.8, 4) is 11.5 Å². The number of hydrogen-bond acceptors (Lipinski definition) is 3. The summed E-state index contributed by atoms with van der Waals surface area (Å²) in [6, 6.07) is 0.658. The maximum atomic E-state index is 13.8. The average Bonchev–Trinajstić information content (AvgIpc) is 2.91. The Labute approximate surface area is 131 Å². The van der Waals surface area contributed by atoms with Crippen molar-refractivity contribution in [3.05, 3.63) is 58.4 Å². The summed E-state index contributed by atoms with van der Waals surface area (Å²) in [5.74, 6) is -9.99. The molecule has 1 atom stereocenters. The Morgan fingerprint density at radius 3 is 2.50 bits per heavy atom. The molecule has 0 fully saturated rings. The normalized spacial score (nSPS) is 15.8. The lowest BCUT2D eigenvalue weighted by molar-refractivity contribution is 0.0924. The maximum absolute atomic E-state index is 13.8. The van der Waals surface area contributed by atoms with E-state index in [1.165, 1.54) is 0 Å². The fourth-order valence-electron chi connectivity index (χ4n) is 2.38. The van der Waals surface area contributed by atoms with E-state index in [4.69, 9.17) is 9.84 Å². The molecule has 0 saturated heterocycles. The number of benzene rings is 2. The van der Waals surface area contributed by atoms with Crippen molar-refractivity contribution in [2.45, 2.75) is 6.04 Å². The number of amides is 1. The zero-order valence-electron chi connectivity index (χ0n) is 11.7. The van der Waals surface area contributed by atoms with Crippen molar-refractivity contribution in [1.82, 2.24) is 5.32 Å². The Morgan fingerprint density at radius 1 is 1.08 bits per heavy atom. The average molecular weight is 345 g/mol. The standard InChI is InChI=1S/C15H8F5NO3/c16-5-1-7(17)11-9(4-24-10(11)2-5)21-15(23)6-3-8(18)13(20)14(22)12(6)19/h1-3,9,22H,4H2,(H,21,23)/t9-/m1/s1. The molecule has 1 aliphatic rings. The molecule has 0 aromatic heterocycles. The van der Waals surface area contributed by atoms with Gasteiger partial charge in [-0.2, -0.15) is 4.39 Å². The minimum absolute atomic E-state index is 0.133. The SMILES string of the molecule is O=C(N[C@@H]1COc2cc(F)cc(F)c21)c1cc(F)c(F)c(O)c1F. The van der Waals surface area contributed by atoms with Crippen molar-refractivity contribution in [3.63, 3.8) is 0 Å². The third kappa shape index (κ3) is 2.51. The number of ether oxygens (including phenoxy) is 1. The first-order chi connectivity index (χ1) is 11.3. The molecule has 2 aromatic rings. The van der Waals surface area contributed by atoms with Gasteiger partial charge in [0.05, 0.1) is 17.2 Å². The van der Waals surface area contributed by atoms with Crippen LogP contribution in [-0.4, -0.2) is 17.6 Å². The Kier molecular flexibility index (Phi) is 3.78. The monoisotopic (exact) mass is 345 g/mol. The molecular weight excluding hydrogens is 337 g/mol. The predicted octanol–water partition coefficient (Wildman–Crippen LogP) is 2.95. The van der Waals surface area contributed by atoms with Gasteiger partial charge in [0.15, 0.2) is 17.4 Å². The first-order valence-corrected chi connectivity index (χ1v) is 6.58. The number of phenolic OH excluding ortho intramolecular Hbond substituents is 1. The quantitative estimate of drug-likeness (QED) is 0.650. The van der Waals surface area contributed by atoms with Gasteiger partial charge in [-0.3, -0.25) is 4.79 Å². The van der Waals surface area contributed by atoms with Crippen molar-refractivity contribution < 1.29 is 36.6 Å². The summed E-state index contributed by atoms with van der Waals surface area (Å²) >= 11 is 0. The fourth-order valence-corrected chi connectivity index (χ4v) is 2.38. The van der Waals surface area contributed by atoms with Crippen LogP contribution in [0.4, 0.5) is 22.0 Å². The van der Waals surface area contributed by atoms with Crippen LogP contribution in [0, 0.1) is 29.1 Å². The van der Waals surface area contributed by atoms with Gasteiger partial charge in [-0.1, -0.05) is 0 Å². The topological polar surface area (TPSA) is 58.6 Å². The Balaban J connectivity index is 1.91. The molecule has 0 radical (unpaired) electrons. The van der Waals surface area contributed by atoms with Gasteiger partial charge in [0.1, 0.15) is 24.0 Å². The van der Waals surface area contributed by atoms with Crippen LogP contribution in [0.2, 0.25) is 0 Å². The zero-order valence-corrected chi connectivity index (χ0v) is 11.7. The minimum Gasteiger partial charge on any atom is -0.503 e. The number of nitrogens with one attached hydrogen (secondary N) is 1. The molecule has 1 amide bonds. The molecule has 0 saturated carbocycles. The molecule has 0 unspecified atom stereocenters. The van der Waals surface area contributed by atoms with E-state index in [9.17, 15) is 26.7 Å². The van der Waals surface area contributed by atoms with Crippen LogP contribution < -0.4 is 10.1 Å². The van der Waals surface area contributed by atoms with Gasteiger partial charge in [-0.25, -0.2) is 17.6 Å². The van der Waals surface area contributed by atoms with E-state index in [0.717, 1.165) is 6.07 Å². The Bertz CT molecular complexity index is 856. The van der Waals surface area contributed by atoms with E-state index in [-0.39, 0.29) is 24.0 Å². The molecule has 0 spiro atoms. The smallest absolute Gasteiger partial charge is 0.255 e. The van der Waals surface area contributed by atoms with E-state index < -0.39 is 52.3 Å².